The Morgan fingerprint density at radius 3 is 2.57 bits per heavy atom. The van der Waals surface area contributed by atoms with Crippen molar-refractivity contribution in [3.63, 3.8) is 0 Å². The van der Waals surface area contributed by atoms with Gasteiger partial charge in [0.25, 0.3) is 5.91 Å². The molecule has 0 aliphatic rings. The van der Waals surface area contributed by atoms with Crippen LogP contribution in [0, 0.1) is 0 Å². The standard InChI is InChI=1S/C22H20N4OS/c1-25(2)18-11-6-8-16(14-18)23-22(27)19-15-26(17-9-4-3-5-10-17)24-21(19)20-12-7-13-28-20/h3-15H,1-2H3,(H,23,27). The number of anilines is 2. The van der Waals surface area contributed by atoms with Gasteiger partial charge in [-0.2, -0.15) is 5.10 Å². The molecule has 0 unspecified atom stereocenters. The number of nitrogens with zero attached hydrogens (tertiary/aromatic N) is 3. The number of aromatic nitrogens is 2. The lowest BCUT2D eigenvalue weighted by atomic mass is 10.2. The third kappa shape index (κ3) is 3.68. The lowest BCUT2D eigenvalue weighted by Gasteiger charge is -2.14. The second-order valence-corrected chi connectivity index (χ2v) is 7.50. The predicted molar refractivity (Wildman–Crippen MR) is 116 cm³/mol. The Bertz CT molecular complexity index is 1080. The van der Waals surface area contributed by atoms with Gasteiger partial charge in [0.05, 0.1) is 16.1 Å². The Balaban J connectivity index is 1.71. The lowest BCUT2D eigenvalue weighted by molar-refractivity contribution is 0.102. The predicted octanol–water partition coefficient (Wildman–Crippen LogP) is 4.92. The summed E-state index contributed by atoms with van der Waals surface area (Å²) in [6, 6.07) is 21.5. The zero-order valence-corrected chi connectivity index (χ0v) is 16.5. The van der Waals surface area contributed by atoms with Crippen molar-refractivity contribution in [2.45, 2.75) is 0 Å². The summed E-state index contributed by atoms with van der Waals surface area (Å²) in [6.45, 7) is 0. The second-order valence-electron chi connectivity index (χ2n) is 6.55. The minimum atomic E-state index is -0.179. The van der Waals surface area contributed by atoms with Gasteiger partial charge >= 0.3 is 0 Å². The van der Waals surface area contributed by atoms with Crippen LogP contribution >= 0.6 is 11.3 Å². The molecule has 4 aromatic rings. The van der Waals surface area contributed by atoms with Crippen LogP contribution in [0.3, 0.4) is 0 Å². The van der Waals surface area contributed by atoms with Crippen molar-refractivity contribution >= 4 is 28.6 Å². The molecule has 2 aromatic carbocycles. The molecule has 0 atom stereocenters. The first-order chi connectivity index (χ1) is 13.6. The van der Waals surface area contributed by atoms with Crippen molar-refractivity contribution in [2.24, 2.45) is 0 Å². The molecule has 1 N–H and O–H groups in total. The number of nitrogens with one attached hydrogen (secondary N) is 1. The molecule has 0 aliphatic heterocycles. The Morgan fingerprint density at radius 2 is 1.86 bits per heavy atom. The van der Waals surface area contributed by atoms with Crippen LogP contribution in [0.5, 0.6) is 0 Å². The average molecular weight is 388 g/mol. The highest BCUT2D eigenvalue weighted by molar-refractivity contribution is 7.13. The number of rotatable bonds is 5. The van der Waals surface area contributed by atoms with E-state index in [4.69, 9.17) is 0 Å². The molecule has 6 heteroatoms. The third-order valence-corrected chi connectivity index (χ3v) is 5.23. The number of amides is 1. The van der Waals surface area contributed by atoms with E-state index in [1.807, 2.05) is 91.1 Å². The van der Waals surface area contributed by atoms with Gasteiger partial charge in [0.2, 0.25) is 0 Å². The van der Waals surface area contributed by atoms with Gasteiger partial charge in [-0.05, 0) is 41.8 Å². The van der Waals surface area contributed by atoms with Gasteiger partial charge in [-0.1, -0.05) is 30.3 Å². The summed E-state index contributed by atoms with van der Waals surface area (Å²) in [6.07, 6.45) is 1.79. The minimum absolute atomic E-state index is 0.179. The van der Waals surface area contributed by atoms with E-state index in [1.165, 1.54) is 0 Å². The first-order valence-electron chi connectivity index (χ1n) is 8.89. The van der Waals surface area contributed by atoms with Gasteiger partial charge in [-0.25, -0.2) is 4.68 Å². The Kier molecular flexibility index (Phi) is 4.95. The normalized spacial score (nSPS) is 10.6. The van der Waals surface area contributed by atoms with Crippen LogP contribution in [0.25, 0.3) is 16.3 Å². The molecule has 2 aromatic heterocycles. The summed E-state index contributed by atoms with van der Waals surface area (Å²) in [5.41, 5.74) is 3.91. The molecule has 0 radical (unpaired) electrons. The quantitative estimate of drug-likeness (QED) is 0.528. The SMILES string of the molecule is CN(C)c1cccc(NC(=O)c2cn(-c3ccccc3)nc2-c2cccs2)c1. The summed E-state index contributed by atoms with van der Waals surface area (Å²) in [5, 5.41) is 9.68. The lowest BCUT2D eigenvalue weighted by Crippen LogP contribution is -2.13. The molecule has 0 aliphatic carbocycles. The number of hydrogen-bond donors (Lipinski definition) is 1. The highest BCUT2D eigenvalue weighted by Crippen LogP contribution is 2.28. The number of carbonyl (C=O) groups is 1. The summed E-state index contributed by atoms with van der Waals surface area (Å²) in [5.74, 6) is -0.179. The number of carbonyl (C=O) groups excluding carboxylic acids is 1. The van der Waals surface area contributed by atoms with Crippen LogP contribution in [-0.4, -0.2) is 29.8 Å². The Labute approximate surface area is 167 Å². The molecule has 0 spiro atoms. The molecular weight excluding hydrogens is 368 g/mol. The number of benzene rings is 2. The van der Waals surface area contributed by atoms with Crippen LogP contribution in [0.4, 0.5) is 11.4 Å². The molecule has 0 fully saturated rings. The monoisotopic (exact) mass is 388 g/mol. The molecule has 0 saturated heterocycles. The van der Waals surface area contributed by atoms with Gasteiger partial charge in [0, 0.05) is 31.7 Å². The highest BCUT2D eigenvalue weighted by Gasteiger charge is 2.19. The zero-order valence-electron chi connectivity index (χ0n) is 15.7. The van der Waals surface area contributed by atoms with Gasteiger partial charge in [0.15, 0.2) is 0 Å². The van der Waals surface area contributed by atoms with Crippen molar-refractivity contribution in [1.29, 1.82) is 0 Å². The van der Waals surface area contributed by atoms with E-state index >= 15 is 0 Å². The van der Waals surface area contributed by atoms with E-state index in [9.17, 15) is 4.79 Å². The van der Waals surface area contributed by atoms with Crippen molar-refractivity contribution in [2.75, 3.05) is 24.3 Å². The number of para-hydroxylation sites is 1. The molecule has 0 saturated carbocycles. The Hall–Kier alpha value is -3.38. The van der Waals surface area contributed by atoms with Crippen LogP contribution in [0.2, 0.25) is 0 Å². The molecule has 0 bridgehead atoms. The van der Waals surface area contributed by atoms with Gasteiger partial charge in [-0.15, -0.1) is 11.3 Å². The third-order valence-electron chi connectivity index (χ3n) is 4.35. The first kappa shape index (κ1) is 18.0. The number of hydrogen-bond acceptors (Lipinski definition) is 4. The topological polar surface area (TPSA) is 50.2 Å². The molecule has 140 valence electrons. The van der Waals surface area contributed by atoms with Gasteiger partial charge in [-0.3, -0.25) is 4.79 Å². The maximum Gasteiger partial charge on any atom is 0.259 e. The van der Waals surface area contributed by atoms with Crippen LogP contribution in [-0.2, 0) is 0 Å². The van der Waals surface area contributed by atoms with Gasteiger partial charge < -0.3 is 10.2 Å². The summed E-state index contributed by atoms with van der Waals surface area (Å²) in [4.78, 5) is 16.0. The highest BCUT2D eigenvalue weighted by atomic mass is 32.1. The largest absolute Gasteiger partial charge is 0.378 e. The summed E-state index contributed by atoms with van der Waals surface area (Å²) >= 11 is 1.57. The van der Waals surface area contributed by atoms with Crippen molar-refractivity contribution < 1.29 is 4.79 Å². The molecule has 4 rings (SSSR count). The van der Waals surface area contributed by atoms with Crippen LogP contribution in [0.15, 0.2) is 78.3 Å². The summed E-state index contributed by atoms with van der Waals surface area (Å²) in [7, 11) is 3.94. The van der Waals surface area contributed by atoms with E-state index in [1.54, 1.807) is 22.2 Å². The molecular formula is C22H20N4OS. The maximum absolute atomic E-state index is 13.1. The molecule has 1 amide bonds. The van der Waals surface area contributed by atoms with Crippen LogP contribution < -0.4 is 10.2 Å². The van der Waals surface area contributed by atoms with E-state index in [0.717, 1.165) is 21.9 Å². The second kappa shape index (κ2) is 7.70. The Morgan fingerprint density at radius 1 is 1.04 bits per heavy atom. The molecule has 28 heavy (non-hydrogen) atoms. The van der Waals surface area contributed by atoms with Crippen molar-refractivity contribution in [1.82, 2.24) is 9.78 Å². The molecule has 2 heterocycles. The fourth-order valence-corrected chi connectivity index (χ4v) is 3.63. The van der Waals surface area contributed by atoms with E-state index < -0.39 is 0 Å². The fraction of sp³-hybridized carbons (Fsp3) is 0.0909. The van der Waals surface area contributed by atoms with E-state index in [-0.39, 0.29) is 5.91 Å². The zero-order chi connectivity index (χ0) is 19.5. The average Bonchev–Trinajstić information content (AvgIpc) is 3.38. The van der Waals surface area contributed by atoms with E-state index in [0.29, 0.717) is 11.3 Å². The van der Waals surface area contributed by atoms with Crippen LogP contribution in [0.1, 0.15) is 10.4 Å². The minimum Gasteiger partial charge on any atom is -0.378 e. The van der Waals surface area contributed by atoms with E-state index in [2.05, 4.69) is 10.4 Å². The maximum atomic E-state index is 13.1. The smallest absolute Gasteiger partial charge is 0.259 e. The fourth-order valence-electron chi connectivity index (χ4n) is 2.91. The van der Waals surface area contributed by atoms with Crippen molar-refractivity contribution in [3.8, 4) is 16.3 Å². The van der Waals surface area contributed by atoms with Gasteiger partial charge in [0.1, 0.15) is 5.69 Å². The first-order valence-corrected chi connectivity index (χ1v) is 9.77. The molecule has 5 nitrogen and oxygen atoms in total. The summed E-state index contributed by atoms with van der Waals surface area (Å²) < 4.78 is 1.75. The van der Waals surface area contributed by atoms with Crippen molar-refractivity contribution in [3.05, 3.63) is 83.9 Å². The number of thiophene rings is 1.